The number of benzene rings is 1. The van der Waals surface area contributed by atoms with E-state index in [1.807, 2.05) is 6.07 Å². The van der Waals surface area contributed by atoms with Gasteiger partial charge in [0.05, 0.1) is 17.0 Å². The number of hydrogen-bond donors (Lipinski definition) is 1. The summed E-state index contributed by atoms with van der Waals surface area (Å²) < 4.78 is 37.2. The molecule has 1 aromatic carbocycles. The highest BCUT2D eigenvalue weighted by atomic mass is 19.4. The highest BCUT2D eigenvalue weighted by molar-refractivity contribution is 5.98. The molecule has 0 bridgehead atoms. The fourth-order valence-corrected chi connectivity index (χ4v) is 1.52. The molecule has 104 valence electrons. The number of rotatable bonds is 3. The zero-order chi connectivity index (χ0) is 14.6. The van der Waals surface area contributed by atoms with Crippen molar-refractivity contribution in [2.24, 2.45) is 5.10 Å². The Morgan fingerprint density at radius 1 is 1.15 bits per heavy atom. The molecule has 20 heavy (non-hydrogen) atoms. The molecule has 0 unspecified atom stereocenters. The molecule has 0 aliphatic carbocycles. The van der Waals surface area contributed by atoms with Gasteiger partial charge in [0.25, 0.3) is 0 Å². The summed E-state index contributed by atoms with van der Waals surface area (Å²) in [6.07, 6.45) is -1.01. The van der Waals surface area contributed by atoms with E-state index in [0.29, 0.717) is 11.4 Å². The van der Waals surface area contributed by atoms with Crippen molar-refractivity contribution in [2.45, 2.75) is 13.1 Å². The van der Waals surface area contributed by atoms with Crippen LogP contribution < -0.4 is 5.43 Å². The van der Waals surface area contributed by atoms with Crippen LogP contribution in [0.15, 0.2) is 53.9 Å². The molecule has 3 nitrogen and oxygen atoms in total. The van der Waals surface area contributed by atoms with E-state index in [4.69, 9.17) is 0 Å². The largest absolute Gasteiger partial charge is 0.416 e. The van der Waals surface area contributed by atoms with Crippen molar-refractivity contribution in [3.63, 3.8) is 0 Å². The van der Waals surface area contributed by atoms with Gasteiger partial charge in [0.15, 0.2) is 0 Å². The molecule has 2 aromatic rings. The molecule has 0 fully saturated rings. The molecule has 0 aliphatic heterocycles. The Morgan fingerprint density at radius 2 is 1.85 bits per heavy atom. The van der Waals surface area contributed by atoms with E-state index in [0.717, 1.165) is 17.7 Å². The molecule has 0 saturated heterocycles. The Kier molecular flexibility index (Phi) is 4.02. The van der Waals surface area contributed by atoms with Gasteiger partial charge in [-0.1, -0.05) is 6.07 Å². The van der Waals surface area contributed by atoms with E-state index in [9.17, 15) is 13.2 Å². The summed E-state index contributed by atoms with van der Waals surface area (Å²) in [6, 6.07) is 8.33. The maximum Gasteiger partial charge on any atom is 0.416 e. The lowest BCUT2D eigenvalue weighted by molar-refractivity contribution is -0.137. The Bertz CT molecular complexity index is 589. The van der Waals surface area contributed by atoms with Crippen LogP contribution in [0.25, 0.3) is 0 Å². The van der Waals surface area contributed by atoms with Crippen molar-refractivity contribution in [1.82, 2.24) is 4.98 Å². The van der Waals surface area contributed by atoms with Crippen LogP contribution in [-0.4, -0.2) is 10.7 Å². The van der Waals surface area contributed by atoms with Crippen LogP contribution in [-0.2, 0) is 6.18 Å². The Labute approximate surface area is 114 Å². The Balaban J connectivity index is 2.08. The van der Waals surface area contributed by atoms with Gasteiger partial charge in [0, 0.05) is 18.0 Å². The predicted octanol–water partition coefficient (Wildman–Crippen LogP) is 3.94. The molecule has 2 rings (SSSR count). The van der Waals surface area contributed by atoms with Gasteiger partial charge in [0.2, 0.25) is 0 Å². The smallest absolute Gasteiger partial charge is 0.278 e. The summed E-state index contributed by atoms with van der Waals surface area (Å²) >= 11 is 0. The molecule has 0 amide bonds. The zero-order valence-corrected chi connectivity index (χ0v) is 10.6. The third-order valence-electron chi connectivity index (χ3n) is 2.64. The quantitative estimate of drug-likeness (QED) is 0.682. The molecule has 6 heteroatoms. The lowest BCUT2D eigenvalue weighted by atomic mass is 10.2. The van der Waals surface area contributed by atoms with Crippen molar-refractivity contribution in [1.29, 1.82) is 0 Å². The van der Waals surface area contributed by atoms with Gasteiger partial charge in [-0.15, -0.1) is 0 Å². The van der Waals surface area contributed by atoms with Crippen LogP contribution in [0, 0.1) is 0 Å². The van der Waals surface area contributed by atoms with Crippen LogP contribution in [0.2, 0.25) is 0 Å². The molecule has 0 spiro atoms. The number of nitrogens with zero attached hydrogens (tertiary/aromatic N) is 2. The minimum atomic E-state index is -4.33. The summed E-state index contributed by atoms with van der Waals surface area (Å²) in [5, 5.41) is 4.10. The van der Waals surface area contributed by atoms with Gasteiger partial charge < -0.3 is 0 Å². The van der Waals surface area contributed by atoms with E-state index < -0.39 is 11.7 Å². The minimum Gasteiger partial charge on any atom is -0.278 e. The van der Waals surface area contributed by atoms with Gasteiger partial charge in [-0.05, 0) is 37.3 Å². The topological polar surface area (TPSA) is 37.3 Å². The number of anilines is 1. The molecule has 1 heterocycles. The Morgan fingerprint density at radius 3 is 2.40 bits per heavy atom. The second kappa shape index (κ2) is 5.73. The van der Waals surface area contributed by atoms with Crippen LogP contribution in [0.1, 0.15) is 18.1 Å². The number of nitrogens with one attached hydrogen (secondary N) is 1. The molecule has 0 aliphatic rings. The zero-order valence-electron chi connectivity index (χ0n) is 10.6. The second-order valence-electron chi connectivity index (χ2n) is 4.13. The van der Waals surface area contributed by atoms with Crippen LogP contribution >= 0.6 is 0 Å². The summed E-state index contributed by atoms with van der Waals surface area (Å²) in [6.45, 7) is 1.79. The van der Waals surface area contributed by atoms with Crippen molar-refractivity contribution >= 4 is 11.4 Å². The summed E-state index contributed by atoms with van der Waals surface area (Å²) in [7, 11) is 0. The van der Waals surface area contributed by atoms with E-state index in [1.54, 1.807) is 25.4 Å². The number of pyridine rings is 1. The van der Waals surface area contributed by atoms with Gasteiger partial charge in [-0.25, -0.2) is 0 Å². The van der Waals surface area contributed by atoms with Gasteiger partial charge in [-0.3, -0.25) is 10.4 Å². The fourth-order valence-electron chi connectivity index (χ4n) is 1.52. The van der Waals surface area contributed by atoms with Crippen molar-refractivity contribution in [2.75, 3.05) is 5.43 Å². The van der Waals surface area contributed by atoms with Gasteiger partial charge >= 0.3 is 6.18 Å². The molecule has 0 saturated carbocycles. The summed E-state index contributed by atoms with van der Waals surface area (Å²) in [5.41, 5.74) is 4.05. The third kappa shape index (κ3) is 3.57. The molecule has 0 atom stereocenters. The van der Waals surface area contributed by atoms with Gasteiger partial charge in [-0.2, -0.15) is 18.3 Å². The summed E-state index contributed by atoms with van der Waals surface area (Å²) in [4.78, 5) is 3.97. The van der Waals surface area contributed by atoms with E-state index >= 15 is 0 Å². The fraction of sp³-hybridized carbons (Fsp3) is 0.143. The number of halogens is 3. The standard InChI is InChI=1S/C14H12F3N3/c1-10(11-3-2-8-18-9-11)19-20-13-6-4-12(5-7-13)14(15,16)17/h2-9,20H,1H3. The van der Waals surface area contributed by atoms with Crippen molar-refractivity contribution < 1.29 is 13.2 Å². The lowest BCUT2D eigenvalue weighted by Gasteiger charge is -2.07. The molecular weight excluding hydrogens is 267 g/mol. The number of hydrogen-bond acceptors (Lipinski definition) is 3. The average Bonchev–Trinajstić information content (AvgIpc) is 2.45. The Hall–Kier alpha value is -2.37. The summed E-state index contributed by atoms with van der Waals surface area (Å²) in [5.74, 6) is 0. The van der Waals surface area contributed by atoms with Crippen molar-refractivity contribution in [3.8, 4) is 0 Å². The van der Waals surface area contributed by atoms with E-state index in [-0.39, 0.29) is 0 Å². The third-order valence-corrected chi connectivity index (χ3v) is 2.64. The maximum atomic E-state index is 12.4. The molecule has 1 aromatic heterocycles. The first kappa shape index (κ1) is 14.0. The highest BCUT2D eigenvalue weighted by Crippen LogP contribution is 2.29. The number of hydrazone groups is 1. The first-order valence-electron chi connectivity index (χ1n) is 5.85. The van der Waals surface area contributed by atoms with E-state index in [1.165, 1.54) is 12.1 Å². The molecule has 0 radical (unpaired) electrons. The number of aromatic nitrogens is 1. The number of alkyl halides is 3. The maximum absolute atomic E-state index is 12.4. The first-order valence-corrected chi connectivity index (χ1v) is 5.85. The highest BCUT2D eigenvalue weighted by Gasteiger charge is 2.29. The monoisotopic (exact) mass is 279 g/mol. The lowest BCUT2D eigenvalue weighted by Crippen LogP contribution is -2.05. The van der Waals surface area contributed by atoms with Crippen LogP contribution in [0.3, 0.4) is 0 Å². The SMILES string of the molecule is CC(=NNc1ccc(C(F)(F)F)cc1)c1cccnc1. The minimum absolute atomic E-state index is 0.487. The van der Waals surface area contributed by atoms with Gasteiger partial charge in [0.1, 0.15) is 0 Å². The second-order valence-corrected chi connectivity index (χ2v) is 4.13. The molecule has 1 N–H and O–H groups in total. The average molecular weight is 279 g/mol. The van der Waals surface area contributed by atoms with Crippen LogP contribution in [0.5, 0.6) is 0 Å². The van der Waals surface area contributed by atoms with E-state index in [2.05, 4.69) is 15.5 Å². The van der Waals surface area contributed by atoms with Crippen molar-refractivity contribution in [3.05, 3.63) is 59.9 Å². The normalized spacial score (nSPS) is 12.3. The molecular formula is C14H12F3N3. The first-order chi connectivity index (χ1) is 9.47. The predicted molar refractivity (Wildman–Crippen MR) is 71.5 cm³/mol. The van der Waals surface area contributed by atoms with Crippen LogP contribution in [0.4, 0.5) is 18.9 Å².